The highest BCUT2D eigenvalue weighted by Crippen LogP contribution is 2.32. The Hall–Kier alpha value is -1.52. The highest BCUT2D eigenvalue weighted by molar-refractivity contribution is 7.08. The van der Waals surface area contributed by atoms with E-state index in [1.165, 1.54) is 16.2 Å². The fourth-order valence-electron chi connectivity index (χ4n) is 1.85. The molecule has 94 valence electrons. The minimum absolute atomic E-state index is 0.328. The molecule has 1 heterocycles. The number of anilines is 1. The van der Waals surface area contributed by atoms with Crippen LogP contribution in [0.2, 0.25) is 5.02 Å². The number of thiophene rings is 1. The lowest BCUT2D eigenvalue weighted by Gasteiger charge is -2.26. The van der Waals surface area contributed by atoms with Crippen LogP contribution in [0.15, 0.2) is 41.1 Å². The Balaban J connectivity index is 2.39. The van der Waals surface area contributed by atoms with E-state index in [-0.39, 0.29) is 6.04 Å². The Morgan fingerprint density at radius 2 is 2.11 bits per heavy atom. The van der Waals surface area contributed by atoms with Crippen LogP contribution in [0.4, 0.5) is 10.5 Å². The number of hydrogen-bond acceptors (Lipinski definition) is 2. The Morgan fingerprint density at radius 3 is 2.67 bits per heavy atom. The molecule has 0 saturated carbocycles. The van der Waals surface area contributed by atoms with E-state index in [0.717, 1.165) is 5.56 Å². The van der Waals surface area contributed by atoms with Gasteiger partial charge in [-0.05, 0) is 30.0 Å². The topological polar surface area (TPSA) is 40.5 Å². The van der Waals surface area contributed by atoms with Crippen molar-refractivity contribution in [3.05, 3.63) is 51.7 Å². The molecule has 1 N–H and O–H groups in total. The molecule has 0 saturated heterocycles. The monoisotopic (exact) mass is 281 g/mol. The highest BCUT2D eigenvalue weighted by atomic mass is 35.5. The van der Waals surface area contributed by atoms with E-state index in [0.29, 0.717) is 10.7 Å². The minimum Gasteiger partial charge on any atom is -0.465 e. The van der Waals surface area contributed by atoms with Gasteiger partial charge in [-0.15, -0.1) is 0 Å². The van der Waals surface area contributed by atoms with Gasteiger partial charge in [-0.1, -0.05) is 29.8 Å². The van der Waals surface area contributed by atoms with Gasteiger partial charge in [0.25, 0.3) is 0 Å². The largest absolute Gasteiger partial charge is 0.465 e. The lowest BCUT2D eigenvalue weighted by molar-refractivity contribution is 0.199. The molecule has 0 radical (unpaired) electrons. The van der Waals surface area contributed by atoms with E-state index in [1.54, 1.807) is 12.1 Å². The number of carboxylic acid groups (broad SMARTS) is 1. The molecule has 2 aromatic rings. The molecule has 0 aliphatic heterocycles. The summed E-state index contributed by atoms with van der Waals surface area (Å²) in [6.45, 7) is 1.83. The second-order valence-electron chi connectivity index (χ2n) is 3.83. The predicted octanol–water partition coefficient (Wildman–Crippen LogP) is 4.65. The summed E-state index contributed by atoms with van der Waals surface area (Å²) >= 11 is 7.58. The van der Waals surface area contributed by atoms with Crippen LogP contribution in [0.3, 0.4) is 0 Å². The molecule has 0 aliphatic carbocycles. The first-order valence-electron chi connectivity index (χ1n) is 5.40. The second-order valence-corrected chi connectivity index (χ2v) is 5.02. The zero-order chi connectivity index (χ0) is 13.1. The second kappa shape index (κ2) is 5.42. The molecule has 5 heteroatoms. The molecule has 1 amide bonds. The molecule has 1 atom stereocenters. The van der Waals surface area contributed by atoms with Crippen LogP contribution in [0.1, 0.15) is 18.5 Å². The summed E-state index contributed by atoms with van der Waals surface area (Å²) in [6.07, 6.45) is -0.985. The number of halogens is 1. The lowest BCUT2D eigenvalue weighted by Crippen LogP contribution is -2.31. The molecule has 18 heavy (non-hydrogen) atoms. The minimum atomic E-state index is -0.985. The molecule has 2 rings (SSSR count). The molecule has 1 aromatic heterocycles. The van der Waals surface area contributed by atoms with Gasteiger partial charge >= 0.3 is 6.09 Å². The molecule has 0 aliphatic rings. The van der Waals surface area contributed by atoms with Crippen LogP contribution in [0.25, 0.3) is 0 Å². The summed E-state index contributed by atoms with van der Waals surface area (Å²) in [6, 6.07) is 8.74. The maximum Gasteiger partial charge on any atom is 0.412 e. The van der Waals surface area contributed by atoms with Crippen molar-refractivity contribution in [1.29, 1.82) is 0 Å². The molecular formula is C13H12ClNO2S. The van der Waals surface area contributed by atoms with Crippen molar-refractivity contribution in [3.63, 3.8) is 0 Å². The van der Waals surface area contributed by atoms with Gasteiger partial charge in [-0.2, -0.15) is 11.3 Å². The maximum absolute atomic E-state index is 11.4. The maximum atomic E-state index is 11.4. The fraction of sp³-hybridized carbons (Fsp3) is 0.154. The first kappa shape index (κ1) is 12.9. The van der Waals surface area contributed by atoms with Crippen molar-refractivity contribution in [3.8, 4) is 0 Å². The van der Waals surface area contributed by atoms with E-state index >= 15 is 0 Å². The molecule has 0 spiro atoms. The van der Waals surface area contributed by atoms with Crippen molar-refractivity contribution in [1.82, 2.24) is 0 Å². The lowest BCUT2D eigenvalue weighted by atomic mass is 10.1. The van der Waals surface area contributed by atoms with Crippen molar-refractivity contribution >= 4 is 34.7 Å². The van der Waals surface area contributed by atoms with Gasteiger partial charge < -0.3 is 5.11 Å². The number of nitrogens with zero attached hydrogens (tertiary/aromatic N) is 1. The van der Waals surface area contributed by atoms with E-state index in [1.807, 2.05) is 35.9 Å². The molecule has 1 aromatic carbocycles. The Morgan fingerprint density at radius 1 is 1.39 bits per heavy atom. The third-order valence-corrected chi connectivity index (χ3v) is 3.75. The van der Waals surface area contributed by atoms with Crippen LogP contribution >= 0.6 is 22.9 Å². The van der Waals surface area contributed by atoms with E-state index in [9.17, 15) is 9.90 Å². The average Bonchev–Trinajstić information content (AvgIpc) is 2.82. The number of rotatable bonds is 3. The summed E-state index contributed by atoms with van der Waals surface area (Å²) in [7, 11) is 0. The van der Waals surface area contributed by atoms with Crippen LogP contribution in [0, 0.1) is 0 Å². The van der Waals surface area contributed by atoms with Gasteiger partial charge in [0, 0.05) is 10.4 Å². The average molecular weight is 282 g/mol. The summed E-state index contributed by atoms with van der Waals surface area (Å²) in [5.41, 5.74) is 1.47. The molecule has 3 nitrogen and oxygen atoms in total. The zero-order valence-corrected chi connectivity index (χ0v) is 11.3. The van der Waals surface area contributed by atoms with Crippen LogP contribution in [-0.2, 0) is 0 Å². The van der Waals surface area contributed by atoms with Crippen LogP contribution < -0.4 is 4.90 Å². The van der Waals surface area contributed by atoms with Crippen molar-refractivity contribution in [2.45, 2.75) is 13.0 Å². The van der Waals surface area contributed by atoms with Crippen LogP contribution in [-0.4, -0.2) is 11.2 Å². The van der Waals surface area contributed by atoms with E-state index in [2.05, 4.69) is 0 Å². The normalized spacial score (nSPS) is 12.1. The van der Waals surface area contributed by atoms with Gasteiger partial charge in [-0.3, -0.25) is 4.90 Å². The predicted molar refractivity (Wildman–Crippen MR) is 74.7 cm³/mol. The third-order valence-electron chi connectivity index (χ3n) is 2.73. The van der Waals surface area contributed by atoms with E-state index in [4.69, 9.17) is 11.6 Å². The Bertz CT molecular complexity index is 542. The number of benzene rings is 1. The standard InChI is InChI=1S/C13H12ClNO2S/c1-9(11-4-2-3-5-12(11)14)15(13(16)17)10-6-7-18-8-10/h2-9H,1H3,(H,16,17)/t9-/m1/s1. The number of carbonyl (C=O) groups is 1. The summed E-state index contributed by atoms with van der Waals surface area (Å²) in [5, 5.41) is 13.6. The Kier molecular flexibility index (Phi) is 3.89. The van der Waals surface area contributed by atoms with E-state index < -0.39 is 6.09 Å². The SMILES string of the molecule is C[C@H](c1ccccc1Cl)N(C(=O)O)c1ccsc1. The zero-order valence-electron chi connectivity index (χ0n) is 9.71. The fourth-order valence-corrected chi connectivity index (χ4v) is 2.77. The number of amides is 1. The quantitative estimate of drug-likeness (QED) is 0.890. The van der Waals surface area contributed by atoms with Gasteiger partial charge in [0.1, 0.15) is 0 Å². The molecule has 0 fully saturated rings. The molecule has 0 bridgehead atoms. The van der Waals surface area contributed by atoms with Gasteiger partial charge in [0.15, 0.2) is 0 Å². The first-order chi connectivity index (χ1) is 8.61. The summed E-state index contributed by atoms with van der Waals surface area (Å²) in [4.78, 5) is 12.7. The van der Waals surface area contributed by atoms with Crippen molar-refractivity contribution in [2.24, 2.45) is 0 Å². The van der Waals surface area contributed by atoms with Gasteiger partial charge in [0.2, 0.25) is 0 Å². The molecule has 0 unspecified atom stereocenters. The van der Waals surface area contributed by atoms with Crippen molar-refractivity contribution < 1.29 is 9.90 Å². The van der Waals surface area contributed by atoms with Gasteiger partial charge in [0.05, 0.1) is 11.7 Å². The smallest absolute Gasteiger partial charge is 0.412 e. The third kappa shape index (κ3) is 2.49. The summed E-state index contributed by atoms with van der Waals surface area (Å²) in [5.74, 6) is 0. The first-order valence-corrected chi connectivity index (χ1v) is 6.72. The van der Waals surface area contributed by atoms with Crippen molar-refractivity contribution in [2.75, 3.05) is 4.90 Å². The highest BCUT2D eigenvalue weighted by Gasteiger charge is 2.24. The number of hydrogen-bond donors (Lipinski definition) is 1. The Labute approximate surface area is 114 Å². The summed E-state index contributed by atoms with van der Waals surface area (Å²) < 4.78 is 0. The van der Waals surface area contributed by atoms with Crippen LogP contribution in [0.5, 0.6) is 0 Å². The molecular weight excluding hydrogens is 270 g/mol. The van der Waals surface area contributed by atoms with Gasteiger partial charge in [-0.25, -0.2) is 4.79 Å².